The fraction of sp³-hybridized carbons (Fsp3) is 0.440. The first-order chi connectivity index (χ1) is 15.6. The molecule has 7 heteroatoms. The second-order valence-electron chi connectivity index (χ2n) is 8.38. The zero-order valence-corrected chi connectivity index (χ0v) is 18.7. The average Bonchev–Trinajstić information content (AvgIpc) is 2.85. The van der Waals surface area contributed by atoms with E-state index in [1.807, 2.05) is 66.4 Å². The van der Waals surface area contributed by atoms with E-state index in [0.717, 1.165) is 43.0 Å². The minimum atomic E-state index is -0.240. The fourth-order valence-electron chi connectivity index (χ4n) is 4.28. The maximum atomic E-state index is 13.0. The van der Waals surface area contributed by atoms with Gasteiger partial charge in [-0.1, -0.05) is 48.5 Å². The topological polar surface area (TPSA) is 65.1 Å². The van der Waals surface area contributed by atoms with Crippen LogP contribution in [0.3, 0.4) is 0 Å². The Labute approximate surface area is 189 Å². The van der Waals surface area contributed by atoms with Crippen molar-refractivity contribution in [2.45, 2.75) is 13.0 Å². The Morgan fingerprint density at radius 3 is 2.28 bits per heavy atom. The van der Waals surface area contributed by atoms with Crippen molar-refractivity contribution in [3.8, 4) is 11.1 Å². The van der Waals surface area contributed by atoms with Gasteiger partial charge in [-0.2, -0.15) is 0 Å². The number of amides is 2. The van der Waals surface area contributed by atoms with Gasteiger partial charge in [-0.15, -0.1) is 0 Å². The number of nitrogens with zero attached hydrogens (tertiary/aromatic N) is 3. The monoisotopic (exact) mass is 436 g/mol. The third-order valence-corrected chi connectivity index (χ3v) is 6.33. The summed E-state index contributed by atoms with van der Waals surface area (Å²) in [6, 6.07) is 17.7. The molecule has 2 aromatic rings. The highest BCUT2D eigenvalue weighted by Crippen LogP contribution is 2.27. The van der Waals surface area contributed by atoms with Crippen LogP contribution in [-0.4, -0.2) is 91.6 Å². The largest absolute Gasteiger partial charge is 0.378 e. The van der Waals surface area contributed by atoms with Crippen molar-refractivity contribution in [1.29, 1.82) is 0 Å². The highest BCUT2D eigenvalue weighted by molar-refractivity contribution is 5.98. The van der Waals surface area contributed by atoms with Crippen LogP contribution in [0.4, 0.5) is 5.69 Å². The first-order valence-electron chi connectivity index (χ1n) is 11.4. The van der Waals surface area contributed by atoms with Gasteiger partial charge in [0.25, 0.3) is 0 Å². The maximum absolute atomic E-state index is 13.0. The predicted molar refractivity (Wildman–Crippen MR) is 125 cm³/mol. The van der Waals surface area contributed by atoms with Gasteiger partial charge in [0.1, 0.15) is 0 Å². The normalized spacial score (nSPS) is 18.8. The molecule has 0 radical (unpaired) electrons. The van der Waals surface area contributed by atoms with Crippen LogP contribution in [0.5, 0.6) is 0 Å². The van der Waals surface area contributed by atoms with Crippen molar-refractivity contribution in [2.75, 3.05) is 64.3 Å². The standard InChI is InChI=1S/C25H32N4O3/c1-20(25(31)26-23-10-6-5-9-22(23)21-7-3-2-4-8-21)28-13-11-27(12-14-28)19-24(30)29-15-17-32-18-16-29/h2-10,20H,11-19H2,1H3,(H,26,31)/t20-/m0/s1. The van der Waals surface area contributed by atoms with Crippen LogP contribution in [-0.2, 0) is 14.3 Å². The lowest BCUT2D eigenvalue weighted by molar-refractivity contribution is -0.137. The first kappa shape index (κ1) is 22.5. The molecule has 0 saturated carbocycles. The van der Waals surface area contributed by atoms with Gasteiger partial charge in [0, 0.05) is 50.5 Å². The van der Waals surface area contributed by atoms with Gasteiger partial charge in [-0.25, -0.2) is 0 Å². The van der Waals surface area contributed by atoms with E-state index in [9.17, 15) is 9.59 Å². The van der Waals surface area contributed by atoms with Crippen molar-refractivity contribution in [2.24, 2.45) is 0 Å². The number of rotatable bonds is 6. The fourth-order valence-corrected chi connectivity index (χ4v) is 4.28. The number of benzene rings is 2. The third kappa shape index (κ3) is 5.54. The molecule has 7 nitrogen and oxygen atoms in total. The molecule has 4 rings (SSSR count). The van der Waals surface area contributed by atoms with E-state index in [-0.39, 0.29) is 17.9 Å². The Bertz CT molecular complexity index is 906. The number of nitrogens with one attached hydrogen (secondary N) is 1. The summed E-state index contributed by atoms with van der Waals surface area (Å²) in [5.41, 5.74) is 2.92. The maximum Gasteiger partial charge on any atom is 0.241 e. The summed E-state index contributed by atoms with van der Waals surface area (Å²) in [6.07, 6.45) is 0. The van der Waals surface area contributed by atoms with Gasteiger partial charge in [0.15, 0.2) is 0 Å². The van der Waals surface area contributed by atoms with Crippen LogP contribution in [0.1, 0.15) is 6.92 Å². The molecule has 2 heterocycles. The lowest BCUT2D eigenvalue weighted by Crippen LogP contribution is -2.55. The Morgan fingerprint density at radius 1 is 0.906 bits per heavy atom. The van der Waals surface area contributed by atoms with E-state index in [1.165, 1.54) is 0 Å². The molecule has 2 aromatic carbocycles. The molecular formula is C25H32N4O3. The summed E-state index contributed by atoms with van der Waals surface area (Å²) in [5.74, 6) is 0.163. The van der Waals surface area contributed by atoms with Gasteiger partial charge < -0.3 is 15.0 Å². The summed E-state index contributed by atoms with van der Waals surface area (Å²) in [4.78, 5) is 31.8. The lowest BCUT2D eigenvalue weighted by atomic mass is 10.0. The second kappa shape index (κ2) is 10.7. The number of carbonyl (C=O) groups is 2. The van der Waals surface area contributed by atoms with Crippen LogP contribution in [0.15, 0.2) is 54.6 Å². The lowest BCUT2D eigenvalue weighted by Gasteiger charge is -2.38. The number of para-hydroxylation sites is 1. The van der Waals surface area contributed by atoms with Crippen molar-refractivity contribution in [1.82, 2.24) is 14.7 Å². The zero-order valence-electron chi connectivity index (χ0n) is 18.7. The zero-order chi connectivity index (χ0) is 22.3. The van der Waals surface area contributed by atoms with Gasteiger partial charge >= 0.3 is 0 Å². The Kier molecular flexibility index (Phi) is 7.52. The molecule has 2 aliphatic rings. The molecule has 0 spiro atoms. The molecule has 2 saturated heterocycles. The molecule has 0 aromatic heterocycles. The summed E-state index contributed by atoms with van der Waals surface area (Å²) < 4.78 is 5.33. The van der Waals surface area contributed by atoms with Crippen LogP contribution in [0.2, 0.25) is 0 Å². The summed E-state index contributed by atoms with van der Waals surface area (Å²) in [6.45, 7) is 8.12. The average molecular weight is 437 g/mol. The van der Waals surface area contributed by atoms with E-state index in [4.69, 9.17) is 4.74 Å². The Hall–Kier alpha value is -2.74. The molecule has 0 unspecified atom stereocenters. The highest BCUT2D eigenvalue weighted by Gasteiger charge is 2.28. The molecular weight excluding hydrogens is 404 g/mol. The van der Waals surface area contributed by atoms with Crippen LogP contribution in [0, 0.1) is 0 Å². The molecule has 0 aliphatic carbocycles. The Balaban J connectivity index is 1.30. The predicted octanol–water partition coefficient (Wildman–Crippen LogP) is 2.16. The number of morpholine rings is 1. The van der Waals surface area contributed by atoms with Gasteiger partial charge in [-0.05, 0) is 18.6 Å². The molecule has 1 atom stereocenters. The van der Waals surface area contributed by atoms with E-state index in [0.29, 0.717) is 32.8 Å². The van der Waals surface area contributed by atoms with Crippen molar-refractivity contribution < 1.29 is 14.3 Å². The summed E-state index contributed by atoms with van der Waals surface area (Å²) in [5, 5.41) is 3.13. The van der Waals surface area contributed by atoms with Crippen molar-refractivity contribution in [3.63, 3.8) is 0 Å². The van der Waals surface area contributed by atoms with Crippen molar-refractivity contribution >= 4 is 17.5 Å². The number of piperazine rings is 1. The SMILES string of the molecule is C[C@@H](C(=O)Nc1ccccc1-c1ccccc1)N1CCN(CC(=O)N2CCOCC2)CC1. The second-order valence-corrected chi connectivity index (χ2v) is 8.38. The molecule has 32 heavy (non-hydrogen) atoms. The number of carbonyl (C=O) groups excluding carboxylic acids is 2. The van der Waals surface area contributed by atoms with E-state index in [2.05, 4.69) is 15.1 Å². The van der Waals surface area contributed by atoms with Gasteiger partial charge in [-0.3, -0.25) is 19.4 Å². The molecule has 2 fully saturated rings. The highest BCUT2D eigenvalue weighted by atomic mass is 16.5. The molecule has 2 aliphatic heterocycles. The number of hydrogen-bond donors (Lipinski definition) is 1. The van der Waals surface area contributed by atoms with E-state index >= 15 is 0 Å². The van der Waals surface area contributed by atoms with E-state index < -0.39 is 0 Å². The molecule has 170 valence electrons. The first-order valence-corrected chi connectivity index (χ1v) is 11.4. The Morgan fingerprint density at radius 2 is 1.56 bits per heavy atom. The molecule has 1 N–H and O–H groups in total. The van der Waals surface area contributed by atoms with Crippen molar-refractivity contribution in [3.05, 3.63) is 54.6 Å². The molecule has 0 bridgehead atoms. The summed E-state index contributed by atoms with van der Waals surface area (Å²) >= 11 is 0. The van der Waals surface area contributed by atoms with Crippen LogP contribution >= 0.6 is 0 Å². The third-order valence-electron chi connectivity index (χ3n) is 6.33. The number of anilines is 1. The van der Waals surface area contributed by atoms with Crippen LogP contribution in [0.25, 0.3) is 11.1 Å². The van der Waals surface area contributed by atoms with Crippen LogP contribution < -0.4 is 5.32 Å². The van der Waals surface area contributed by atoms with Gasteiger partial charge in [0.05, 0.1) is 25.8 Å². The minimum Gasteiger partial charge on any atom is -0.378 e. The molecule has 2 amide bonds. The van der Waals surface area contributed by atoms with E-state index in [1.54, 1.807) is 0 Å². The number of ether oxygens (including phenoxy) is 1. The minimum absolute atomic E-state index is 0.00813. The van der Waals surface area contributed by atoms with Gasteiger partial charge in [0.2, 0.25) is 11.8 Å². The summed E-state index contributed by atoms with van der Waals surface area (Å²) in [7, 11) is 0. The quantitative estimate of drug-likeness (QED) is 0.752. The number of hydrogen-bond acceptors (Lipinski definition) is 5. The smallest absolute Gasteiger partial charge is 0.241 e.